The minimum atomic E-state index is -0.691. The van der Waals surface area contributed by atoms with Gasteiger partial charge in [-0.1, -0.05) is 12.1 Å². The van der Waals surface area contributed by atoms with Crippen molar-refractivity contribution in [1.82, 2.24) is 14.8 Å². The van der Waals surface area contributed by atoms with Gasteiger partial charge >= 0.3 is 0 Å². The summed E-state index contributed by atoms with van der Waals surface area (Å²) in [6.07, 6.45) is 3.11. The fraction of sp³-hybridized carbons (Fsp3) is 0.286. The summed E-state index contributed by atoms with van der Waals surface area (Å²) in [6.45, 7) is 4.19. The Hall–Kier alpha value is -2.66. The van der Waals surface area contributed by atoms with Crippen LogP contribution in [0.2, 0.25) is 0 Å². The molecule has 0 bridgehead atoms. The highest BCUT2D eigenvalue weighted by atomic mass is 15.3. The first-order chi connectivity index (χ1) is 9.06. The van der Waals surface area contributed by atoms with Crippen molar-refractivity contribution in [2.75, 3.05) is 0 Å². The second-order valence-electron chi connectivity index (χ2n) is 4.82. The Kier molecular flexibility index (Phi) is 3.31. The van der Waals surface area contributed by atoms with Gasteiger partial charge in [-0.2, -0.15) is 15.6 Å². The summed E-state index contributed by atoms with van der Waals surface area (Å²) >= 11 is 0. The molecule has 0 amide bonds. The third-order valence-electron chi connectivity index (χ3n) is 2.97. The van der Waals surface area contributed by atoms with Crippen LogP contribution in [0, 0.1) is 22.7 Å². The lowest BCUT2D eigenvalue weighted by Gasteiger charge is -2.18. The number of nitrogens with zero attached hydrogens (tertiary/aromatic N) is 5. The van der Waals surface area contributed by atoms with Gasteiger partial charge < -0.3 is 0 Å². The van der Waals surface area contributed by atoms with E-state index in [1.807, 2.05) is 26.0 Å². The number of hydrogen-bond donors (Lipinski definition) is 0. The van der Waals surface area contributed by atoms with Gasteiger partial charge in [0.2, 0.25) is 0 Å². The number of aromatic nitrogens is 3. The molecule has 0 unspecified atom stereocenters. The lowest BCUT2D eigenvalue weighted by atomic mass is 9.82. The molecular formula is C14H13N5. The van der Waals surface area contributed by atoms with Gasteiger partial charge in [-0.3, -0.25) is 0 Å². The molecular weight excluding hydrogens is 238 g/mol. The van der Waals surface area contributed by atoms with Crippen molar-refractivity contribution in [3.8, 4) is 12.1 Å². The molecule has 1 aromatic carbocycles. The molecule has 94 valence electrons. The van der Waals surface area contributed by atoms with E-state index in [0.29, 0.717) is 12.1 Å². The summed E-state index contributed by atoms with van der Waals surface area (Å²) in [5.74, 6) is 0. The van der Waals surface area contributed by atoms with Crippen molar-refractivity contribution in [3.05, 3.63) is 47.5 Å². The summed E-state index contributed by atoms with van der Waals surface area (Å²) in [5, 5.41) is 22.4. The number of rotatable bonds is 3. The monoisotopic (exact) mass is 251 g/mol. The fourth-order valence-corrected chi connectivity index (χ4v) is 1.87. The maximum absolute atomic E-state index is 9.23. The number of benzene rings is 1. The highest BCUT2D eigenvalue weighted by Gasteiger charge is 2.23. The SMILES string of the molecule is CC(C)(C#N)c1cc(Cn2cncn2)ccc1C#N. The number of hydrogen-bond acceptors (Lipinski definition) is 4. The standard InChI is InChI=1S/C14H13N5/c1-14(2,8-16)13-5-11(3-4-12(13)6-15)7-19-10-17-9-18-19/h3-5,9-10H,7H2,1-2H3. The zero-order valence-electron chi connectivity index (χ0n) is 10.8. The normalized spacial score (nSPS) is 10.7. The van der Waals surface area contributed by atoms with Gasteiger partial charge in [0.15, 0.2) is 0 Å². The first-order valence-electron chi connectivity index (χ1n) is 5.84. The van der Waals surface area contributed by atoms with Crippen molar-refractivity contribution in [2.45, 2.75) is 25.8 Å². The van der Waals surface area contributed by atoms with Crippen LogP contribution in [0.1, 0.15) is 30.5 Å². The van der Waals surface area contributed by atoms with Crippen molar-refractivity contribution in [3.63, 3.8) is 0 Å². The predicted molar refractivity (Wildman–Crippen MR) is 68.9 cm³/mol. The van der Waals surface area contributed by atoms with Crippen LogP contribution in [0.3, 0.4) is 0 Å². The Bertz CT molecular complexity index is 656. The Morgan fingerprint density at radius 1 is 1.32 bits per heavy atom. The molecule has 2 aromatic rings. The zero-order chi connectivity index (χ0) is 13.9. The Morgan fingerprint density at radius 3 is 2.68 bits per heavy atom. The molecule has 5 nitrogen and oxygen atoms in total. The fourth-order valence-electron chi connectivity index (χ4n) is 1.87. The quantitative estimate of drug-likeness (QED) is 0.835. The van der Waals surface area contributed by atoms with Crippen LogP contribution in [-0.4, -0.2) is 14.8 Å². The van der Waals surface area contributed by atoms with Crippen LogP contribution in [0.25, 0.3) is 0 Å². The van der Waals surface area contributed by atoms with E-state index >= 15 is 0 Å². The largest absolute Gasteiger partial charge is 0.249 e. The molecule has 1 aromatic heterocycles. The van der Waals surface area contributed by atoms with E-state index in [1.54, 1.807) is 17.1 Å². The van der Waals surface area contributed by atoms with Crippen LogP contribution < -0.4 is 0 Å². The summed E-state index contributed by atoms with van der Waals surface area (Å²) in [6, 6.07) is 9.88. The Morgan fingerprint density at radius 2 is 2.11 bits per heavy atom. The maximum atomic E-state index is 9.23. The average Bonchev–Trinajstić information content (AvgIpc) is 2.91. The van der Waals surface area contributed by atoms with E-state index in [-0.39, 0.29) is 0 Å². The third kappa shape index (κ3) is 2.61. The topological polar surface area (TPSA) is 78.3 Å². The van der Waals surface area contributed by atoms with Crippen LogP contribution in [0.4, 0.5) is 0 Å². The second kappa shape index (κ2) is 4.91. The minimum absolute atomic E-state index is 0.536. The van der Waals surface area contributed by atoms with Gasteiger partial charge in [0, 0.05) is 0 Å². The highest BCUT2D eigenvalue weighted by Crippen LogP contribution is 2.26. The molecule has 0 atom stereocenters. The van der Waals surface area contributed by atoms with Crippen LogP contribution in [-0.2, 0) is 12.0 Å². The predicted octanol–water partition coefficient (Wildman–Crippen LogP) is 2.00. The van der Waals surface area contributed by atoms with Gasteiger partial charge in [-0.15, -0.1) is 0 Å². The van der Waals surface area contributed by atoms with E-state index < -0.39 is 5.41 Å². The Labute approximate surface area is 111 Å². The molecule has 0 saturated carbocycles. The Balaban J connectivity index is 2.43. The molecule has 0 aliphatic rings. The molecule has 0 spiro atoms. The van der Waals surface area contributed by atoms with Crippen molar-refractivity contribution in [1.29, 1.82) is 10.5 Å². The van der Waals surface area contributed by atoms with Gasteiger partial charge in [0.25, 0.3) is 0 Å². The summed E-state index contributed by atoms with van der Waals surface area (Å²) in [7, 11) is 0. The van der Waals surface area contributed by atoms with E-state index in [0.717, 1.165) is 11.1 Å². The summed E-state index contributed by atoms with van der Waals surface area (Å²) in [4.78, 5) is 3.89. The van der Waals surface area contributed by atoms with Gasteiger partial charge in [0.05, 0.1) is 29.7 Å². The van der Waals surface area contributed by atoms with Gasteiger partial charge in [0.1, 0.15) is 12.7 Å². The number of nitriles is 2. The van der Waals surface area contributed by atoms with E-state index in [4.69, 9.17) is 5.26 Å². The zero-order valence-corrected chi connectivity index (χ0v) is 10.8. The summed E-state index contributed by atoms with van der Waals surface area (Å²) < 4.78 is 1.70. The average molecular weight is 251 g/mol. The van der Waals surface area contributed by atoms with E-state index in [9.17, 15) is 5.26 Å². The third-order valence-corrected chi connectivity index (χ3v) is 2.97. The van der Waals surface area contributed by atoms with Gasteiger partial charge in [-0.25, -0.2) is 9.67 Å². The molecule has 1 heterocycles. The molecule has 2 rings (SSSR count). The van der Waals surface area contributed by atoms with Gasteiger partial charge in [-0.05, 0) is 31.0 Å². The van der Waals surface area contributed by atoms with E-state index in [2.05, 4.69) is 22.2 Å². The van der Waals surface area contributed by atoms with Crippen molar-refractivity contribution >= 4 is 0 Å². The van der Waals surface area contributed by atoms with Crippen molar-refractivity contribution in [2.24, 2.45) is 0 Å². The van der Waals surface area contributed by atoms with Crippen LogP contribution >= 0.6 is 0 Å². The van der Waals surface area contributed by atoms with E-state index in [1.165, 1.54) is 6.33 Å². The van der Waals surface area contributed by atoms with Crippen LogP contribution in [0.5, 0.6) is 0 Å². The molecule has 0 saturated heterocycles. The summed E-state index contributed by atoms with van der Waals surface area (Å²) in [5.41, 5.74) is 1.58. The lowest BCUT2D eigenvalue weighted by Crippen LogP contribution is -2.16. The highest BCUT2D eigenvalue weighted by molar-refractivity contribution is 5.46. The molecule has 19 heavy (non-hydrogen) atoms. The lowest BCUT2D eigenvalue weighted by molar-refractivity contribution is 0.666. The molecule has 5 heteroatoms. The molecule has 0 radical (unpaired) electrons. The maximum Gasteiger partial charge on any atom is 0.137 e. The molecule has 0 fully saturated rings. The minimum Gasteiger partial charge on any atom is -0.249 e. The molecule has 0 aliphatic carbocycles. The van der Waals surface area contributed by atoms with Crippen LogP contribution in [0.15, 0.2) is 30.9 Å². The smallest absolute Gasteiger partial charge is 0.137 e. The molecule has 0 aliphatic heterocycles. The first-order valence-corrected chi connectivity index (χ1v) is 5.84. The second-order valence-corrected chi connectivity index (χ2v) is 4.82. The van der Waals surface area contributed by atoms with Crippen molar-refractivity contribution < 1.29 is 0 Å². The first kappa shape index (κ1) is 12.8. The molecule has 0 N–H and O–H groups in total.